The molecule has 1 aromatic heterocycles. The van der Waals surface area contributed by atoms with Crippen LogP contribution >= 0.6 is 0 Å². The molecule has 3 amide bonds. The Kier molecular flexibility index (Phi) is 6.02. The summed E-state index contributed by atoms with van der Waals surface area (Å²) in [4.78, 5) is 31.7. The topological polar surface area (TPSA) is 102 Å². The summed E-state index contributed by atoms with van der Waals surface area (Å²) in [6, 6.07) is 9.66. The number of anilines is 1. The number of ether oxygens (including phenoxy) is 2. The van der Waals surface area contributed by atoms with Crippen molar-refractivity contribution >= 4 is 23.8 Å². The number of rotatable bonds is 5. The van der Waals surface area contributed by atoms with E-state index in [2.05, 4.69) is 20.6 Å². The molecular formula is C25H18F4N4O4. The Bertz CT molecular complexity index is 1430. The number of aromatic nitrogens is 1. The molecule has 1 fully saturated rings. The largest absolute Gasteiger partial charge is 0.489 e. The van der Waals surface area contributed by atoms with Crippen molar-refractivity contribution in [1.29, 1.82) is 0 Å². The summed E-state index contributed by atoms with van der Waals surface area (Å²) in [7, 11) is 1.50. The monoisotopic (exact) mass is 514 g/mol. The zero-order valence-corrected chi connectivity index (χ0v) is 19.0. The highest BCUT2D eigenvalue weighted by Gasteiger charge is 2.58. The SMILES string of the molecule is CNC(=O)c1cc(Oc2ccc3c(c2)[C@H]2C(C=NC(=O)Nc4ccc(F)c(C(F)(F)F)c4)[C@H]2O3)ccn1. The zero-order chi connectivity index (χ0) is 26.3. The van der Waals surface area contributed by atoms with E-state index in [0.717, 1.165) is 11.6 Å². The second-order valence-electron chi connectivity index (χ2n) is 8.34. The summed E-state index contributed by atoms with van der Waals surface area (Å²) < 4.78 is 63.8. The van der Waals surface area contributed by atoms with Gasteiger partial charge in [0.1, 0.15) is 34.9 Å². The average Bonchev–Trinajstić information content (AvgIpc) is 3.42. The predicted molar refractivity (Wildman–Crippen MR) is 124 cm³/mol. The van der Waals surface area contributed by atoms with Crippen LogP contribution in [0.3, 0.4) is 0 Å². The summed E-state index contributed by atoms with van der Waals surface area (Å²) in [5.41, 5.74) is -0.651. The maximum Gasteiger partial charge on any atom is 0.419 e. The molecule has 0 radical (unpaired) electrons. The minimum atomic E-state index is -4.89. The van der Waals surface area contributed by atoms with Crippen molar-refractivity contribution in [2.75, 3.05) is 12.4 Å². The minimum absolute atomic E-state index is 0.0726. The number of alkyl halides is 3. The summed E-state index contributed by atoms with van der Waals surface area (Å²) >= 11 is 0. The molecule has 1 aliphatic heterocycles. The van der Waals surface area contributed by atoms with E-state index < -0.39 is 23.6 Å². The van der Waals surface area contributed by atoms with E-state index in [1.165, 1.54) is 25.5 Å². The summed E-state index contributed by atoms with van der Waals surface area (Å²) in [6.45, 7) is 0. The number of amides is 3. The van der Waals surface area contributed by atoms with Crippen molar-refractivity contribution in [2.24, 2.45) is 10.9 Å². The number of pyridine rings is 1. The molecule has 1 saturated carbocycles. The third kappa shape index (κ3) is 4.95. The lowest BCUT2D eigenvalue weighted by Crippen LogP contribution is -2.18. The highest BCUT2D eigenvalue weighted by Crippen LogP contribution is 2.58. The Morgan fingerprint density at radius 1 is 1.11 bits per heavy atom. The van der Waals surface area contributed by atoms with Crippen LogP contribution in [0.2, 0.25) is 0 Å². The highest BCUT2D eigenvalue weighted by atomic mass is 19.4. The second-order valence-corrected chi connectivity index (χ2v) is 8.34. The maximum absolute atomic E-state index is 13.4. The standard InChI is InChI=1S/C25H18F4N4O4/c1-30-23(34)19-10-14(6-7-31-19)36-13-3-5-20-15(9-13)21-16(22(21)37-20)11-32-24(35)33-12-2-4-18(26)17(8-12)25(27,28)29/h2-11,16,21-22H,1H3,(H,30,34)(H,33,35)/t16?,21-,22+/m0/s1. The number of carbonyl (C=O) groups is 2. The molecule has 2 aromatic carbocycles. The van der Waals surface area contributed by atoms with Crippen LogP contribution in [0, 0.1) is 11.7 Å². The summed E-state index contributed by atoms with van der Waals surface area (Å²) in [6.07, 6.45) is -2.28. The number of urea groups is 1. The highest BCUT2D eigenvalue weighted by molar-refractivity contribution is 5.96. The first-order valence-corrected chi connectivity index (χ1v) is 11.0. The van der Waals surface area contributed by atoms with Gasteiger partial charge in [0, 0.05) is 48.6 Å². The third-order valence-electron chi connectivity index (χ3n) is 5.92. The quantitative estimate of drug-likeness (QED) is 0.362. The number of hydrogen-bond donors (Lipinski definition) is 2. The van der Waals surface area contributed by atoms with E-state index in [1.54, 1.807) is 24.3 Å². The molecule has 3 atom stereocenters. The van der Waals surface area contributed by atoms with Crippen LogP contribution in [-0.4, -0.2) is 36.3 Å². The normalized spacial score (nSPS) is 19.5. The lowest BCUT2D eigenvalue weighted by atomic mass is 10.1. The van der Waals surface area contributed by atoms with Gasteiger partial charge in [-0.15, -0.1) is 0 Å². The van der Waals surface area contributed by atoms with E-state index in [0.29, 0.717) is 29.4 Å². The van der Waals surface area contributed by atoms with Gasteiger partial charge in [0.25, 0.3) is 5.91 Å². The van der Waals surface area contributed by atoms with Crippen LogP contribution in [-0.2, 0) is 6.18 Å². The Balaban J connectivity index is 1.24. The molecule has 0 bridgehead atoms. The molecule has 2 N–H and O–H groups in total. The van der Waals surface area contributed by atoms with E-state index in [9.17, 15) is 27.2 Å². The first kappa shape index (κ1) is 24.2. The number of hydrogen-bond acceptors (Lipinski definition) is 5. The van der Waals surface area contributed by atoms with E-state index in [4.69, 9.17) is 9.47 Å². The molecule has 5 rings (SSSR count). The van der Waals surface area contributed by atoms with Gasteiger partial charge >= 0.3 is 12.2 Å². The van der Waals surface area contributed by atoms with Gasteiger partial charge in [0.2, 0.25) is 0 Å². The number of aliphatic imine (C=N–C) groups is 1. The van der Waals surface area contributed by atoms with Crippen molar-refractivity contribution in [3.8, 4) is 17.2 Å². The third-order valence-corrected chi connectivity index (χ3v) is 5.92. The van der Waals surface area contributed by atoms with Gasteiger partial charge in [-0.2, -0.15) is 13.2 Å². The number of fused-ring (bicyclic) bond motifs is 3. The van der Waals surface area contributed by atoms with E-state index in [1.807, 2.05) is 0 Å². The lowest BCUT2D eigenvalue weighted by Gasteiger charge is -2.10. The van der Waals surface area contributed by atoms with E-state index in [-0.39, 0.29) is 35.2 Å². The molecular weight excluding hydrogens is 496 g/mol. The first-order valence-electron chi connectivity index (χ1n) is 11.0. The molecule has 1 unspecified atom stereocenters. The Labute approximate surface area is 207 Å². The molecule has 2 heterocycles. The number of carbonyl (C=O) groups excluding carboxylic acids is 2. The lowest BCUT2D eigenvalue weighted by molar-refractivity contribution is -0.139. The van der Waals surface area contributed by atoms with Crippen LogP contribution in [0.4, 0.5) is 28.0 Å². The molecule has 3 aromatic rings. The Hall–Kier alpha value is -4.48. The van der Waals surface area contributed by atoms with Crippen molar-refractivity contribution in [1.82, 2.24) is 10.3 Å². The van der Waals surface area contributed by atoms with Crippen LogP contribution in [0.25, 0.3) is 0 Å². The van der Waals surface area contributed by atoms with E-state index >= 15 is 0 Å². The second kappa shape index (κ2) is 9.19. The Morgan fingerprint density at radius 3 is 2.65 bits per heavy atom. The summed E-state index contributed by atoms with van der Waals surface area (Å²) in [5.74, 6) is -0.471. The van der Waals surface area contributed by atoms with Crippen molar-refractivity contribution in [2.45, 2.75) is 18.2 Å². The molecule has 0 saturated heterocycles. The van der Waals surface area contributed by atoms with Crippen LogP contribution in [0.1, 0.15) is 27.5 Å². The predicted octanol–water partition coefficient (Wildman–Crippen LogP) is 5.17. The fourth-order valence-electron chi connectivity index (χ4n) is 4.12. The molecule has 2 aliphatic rings. The fraction of sp³-hybridized carbons (Fsp3) is 0.200. The number of halogens is 4. The van der Waals surface area contributed by atoms with Crippen LogP contribution in [0.15, 0.2) is 59.7 Å². The number of benzene rings is 2. The van der Waals surface area contributed by atoms with Crippen LogP contribution < -0.4 is 20.1 Å². The molecule has 190 valence electrons. The fourth-order valence-corrected chi connectivity index (χ4v) is 4.12. The van der Waals surface area contributed by atoms with Crippen molar-refractivity contribution in [3.05, 3.63) is 77.4 Å². The molecule has 1 aliphatic carbocycles. The van der Waals surface area contributed by atoms with Gasteiger partial charge in [-0.05, 0) is 42.5 Å². The average molecular weight is 514 g/mol. The Morgan fingerprint density at radius 2 is 1.89 bits per heavy atom. The van der Waals surface area contributed by atoms with Gasteiger partial charge in [0.05, 0.1) is 5.56 Å². The number of nitrogens with zero attached hydrogens (tertiary/aromatic N) is 2. The minimum Gasteiger partial charge on any atom is -0.489 e. The van der Waals surface area contributed by atoms with Crippen molar-refractivity contribution in [3.63, 3.8) is 0 Å². The maximum atomic E-state index is 13.4. The van der Waals surface area contributed by atoms with Gasteiger partial charge < -0.3 is 20.1 Å². The zero-order valence-electron chi connectivity index (χ0n) is 19.0. The molecule has 0 spiro atoms. The summed E-state index contributed by atoms with van der Waals surface area (Å²) in [5, 5.41) is 4.70. The van der Waals surface area contributed by atoms with Gasteiger partial charge in [-0.1, -0.05) is 0 Å². The first-order chi connectivity index (χ1) is 17.6. The van der Waals surface area contributed by atoms with Gasteiger partial charge in [0.15, 0.2) is 0 Å². The van der Waals surface area contributed by atoms with Gasteiger partial charge in [-0.25, -0.2) is 14.2 Å². The molecule has 37 heavy (non-hydrogen) atoms. The molecule has 12 heteroatoms. The van der Waals surface area contributed by atoms with Gasteiger partial charge in [-0.3, -0.25) is 9.78 Å². The molecule has 8 nitrogen and oxygen atoms in total. The smallest absolute Gasteiger partial charge is 0.419 e. The van der Waals surface area contributed by atoms with Crippen molar-refractivity contribution < 1.29 is 36.6 Å². The number of nitrogens with one attached hydrogen (secondary N) is 2. The van der Waals surface area contributed by atoms with Crippen LogP contribution in [0.5, 0.6) is 17.2 Å².